The molecule has 122 valence electrons. The molecule has 1 aliphatic carbocycles. The fourth-order valence-corrected chi connectivity index (χ4v) is 3.75. The van der Waals surface area contributed by atoms with Crippen LogP contribution < -0.4 is 5.32 Å². The normalized spacial score (nSPS) is 23.9. The number of aliphatic hydroxyl groups is 1. The Kier molecular flexibility index (Phi) is 6.97. The van der Waals surface area contributed by atoms with Gasteiger partial charge in [0.05, 0.1) is 6.10 Å². The summed E-state index contributed by atoms with van der Waals surface area (Å²) in [6.07, 6.45) is 9.57. The molecule has 2 fully saturated rings. The maximum Gasteiger partial charge on any atom is 0.222 e. The minimum atomic E-state index is -0.439. The van der Waals surface area contributed by atoms with Gasteiger partial charge in [0.25, 0.3) is 0 Å². The zero-order chi connectivity index (χ0) is 15.1. The monoisotopic (exact) mass is 296 g/mol. The first-order chi connectivity index (χ1) is 10.1. The maximum atomic E-state index is 12.1. The Hall–Kier alpha value is -0.610. The van der Waals surface area contributed by atoms with Crippen LogP contribution in [-0.2, 0) is 4.79 Å². The first kappa shape index (κ1) is 16.8. The number of rotatable bonds is 7. The van der Waals surface area contributed by atoms with E-state index in [4.69, 9.17) is 0 Å². The second-order valence-electron chi connectivity index (χ2n) is 7.05. The third-order valence-electron chi connectivity index (χ3n) is 5.04. The lowest BCUT2D eigenvalue weighted by Crippen LogP contribution is -2.43. The van der Waals surface area contributed by atoms with Gasteiger partial charge >= 0.3 is 0 Å². The van der Waals surface area contributed by atoms with Gasteiger partial charge in [-0.15, -0.1) is 0 Å². The van der Waals surface area contributed by atoms with Crippen LogP contribution in [0.15, 0.2) is 0 Å². The molecule has 2 atom stereocenters. The van der Waals surface area contributed by atoms with E-state index in [1.54, 1.807) is 0 Å². The lowest BCUT2D eigenvalue weighted by atomic mass is 9.94. The molecule has 2 rings (SSSR count). The van der Waals surface area contributed by atoms with Crippen molar-refractivity contribution < 1.29 is 9.90 Å². The van der Waals surface area contributed by atoms with E-state index >= 15 is 0 Å². The number of likely N-dealkylation sites (tertiary alicyclic amines) is 1. The number of carbonyl (C=O) groups is 1. The number of nitrogens with one attached hydrogen (secondary N) is 1. The smallest absolute Gasteiger partial charge is 0.222 e. The van der Waals surface area contributed by atoms with Crippen LogP contribution in [0.5, 0.6) is 0 Å². The van der Waals surface area contributed by atoms with E-state index in [2.05, 4.69) is 10.2 Å². The van der Waals surface area contributed by atoms with Crippen molar-refractivity contribution in [3.8, 4) is 0 Å². The number of hydrogen-bond donors (Lipinski definition) is 2. The summed E-state index contributed by atoms with van der Waals surface area (Å²) in [6, 6.07) is 0. The lowest BCUT2D eigenvalue weighted by molar-refractivity contribution is -0.125. The van der Waals surface area contributed by atoms with Gasteiger partial charge in [-0.3, -0.25) is 4.79 Å². The van der Waals surface area contributed by atoms with Gasteiger partial charge in [-0.25, -0.2) is 0 Å². The van der Waals surface area contributed by atoms with E-state index in [1.807, 2.05) is 6.92 Å². The zero-order valence-corrected chi connectivity index (χ0v) is 13.5. The summed E-state index contributed by atoms with van der Waals surface area (Å²) in [5.41, 5.74) is 0. The summed E-state index contributed by atoms with van der Waals surface area (Å²) in [6.45, 7) is 5.28. The highest BCUT2D eigenvalue weighted by atomic mass is 16.3. The fourth-order valence-electron chi connectivity index (χ4n) is 3.75. The van der Waals surface area contributed by atoms with E-state index in [0.29, 0.717) is 13.1 Å². The predicted molar refractivity (Wildman–Crippen MR) is 85.0 cm³/mol. The Morgan fingerprint density at radius 3 is 2.52 bits per heavy atom. The number of carbonyl (C=O) groups excluding carboxylic acids is 1. The van der Waals surface area contributed by atoms with Gasteiger partial charge in [0, 0.05) is 19.0 Å². The largest absolute Gasteiger partial charge is 0.390 e. The highest BCUT2D eigenvalue weighted by Gasteiger charge is 2.22. The Balaban J connectivity index is 1.60. The quantitative estimate of drug-likeness (QED) is 0.757. The Morgan fingerprint density at radius 2 is 1.86 bits per heavy atom. The first-order valence-electron chi connectivity index (χ1n) is 8.83. The summed E-state index contributed by atoms with van der Waals surface area (Å²) in [7, 11) is 0. The average Bonchev–Trinajstić information content (AvgIpc) is 2.98. The van der Waals surface area contributed by atoms with Crippen molar-refractivity contribution in [1.29, 1.82) is 0 Å². The second-order valence-corrected chi connectivity index (χ2v) is 7.05. The third kappa shape index (κ3) is 5.95. The van der Waals surface area contributed by atoms with Crippen LogP contribution in [0.2, 0.25) is 0 Å². The number of piperidine rings is 1. The second kappa shape index (κ2) is 8.74. The highest BCUT2D eigenvalue weighted by Crippen LogP contribution is 2.30. The number of β-amino-alcohol motifs (C(OH)–C–C–N with tert-alkyl or cyclic N) is 1. The SMILES string of the molecule is C[C@H](CC1CCCC1)C(=O)NC[C@H](O)CN1CCCCC1. The predicted octanol–water partition coefficient (Wildman–Crippen LogP) is 2.17. The average molecular weight is 296 g/mol. The first-order valence-corrected chi connectivity index (χ1v) is 8.83. The van der Waals surface area contributed by atoms with Crippen molar-refractivity contribution in [3.63, 3.8) is 0 Å². The van der Waals surface area contributed by atoms with Crippen LogP contribution in [0.4, 0.5) is 0 Å². The molecule has 0 aromatic rings. The fraction of sp³-hybridized carbons (Fsp3) is 0.941. The van der Waals surface area contributed by atoms with Gasteiger partial charge in [-0.1, -0.05) is 39.0 Å². The van der Waals surface area contributed by atoms with Crippen molar-refractivity contribution >= 4 is 5.91 Å². The molecule has 4 nitrogen and oxygen atoms in total. The molecule has 21 heavy (non-hydrogen) atoms. The van der Waals surface area contributed by atoms with Crippen LogP contribution in [0, 0.1) is 11.8 Å². The summed E-state index contributed by atoms with van der Waals surface area (Å²) >= 11 is 0. The van der Waals surface area contributed by atoms with Crippen molar-refractivity contribution in [2.24, 2.45) is 11.8 Å². The molecule has 0 radical (unpaired) electrons. The molecule has 2 aliphatic rings. The molecule has 2 N–H and O–H groups in total. The van der Waals surface area contributed by atoms with Crippen LogP contribution >= 0.6 is 0 Å². The molecule has 1 saturated heterocycles. The Bertz CT molecular complexity index is 310. The Morgan fingerprint density at radius 1 is 1.19 bits per heavy atom. The molecule has 0 spiro atoms. The van der Waals surface area contributed by atoms with Crippen molar-refractivity contribution in [1.82, 2.24) is 10.2 Å². The number of hydrogen-bond acceptors (Lipinski definition) is 3. The summed E-state index contributed by atoms with van der Waals surface area (Å²) < 4.78 is 0. The molecule has 0 bridgehead atoms. The molecule has 1 aliphatic heterocycles. The van der Waals surface area contributed by atoms with Gasteiger partial charge in [0.1, 0.15) is 0 Å². The van der Waals surface area contributed by atoms with Crippen molar-refractivity contribution in [2.45, 2.75) is 64.4 Å². The molecule has 1 amide bonds. The molecular weight excluding hydrogens is 264 g/mol. The summed E-state index contributed by atoms with van der Waals surface area (Å²) in [5, 5.41) is 13.0. The minimum Gasteiger partial charge on any atom is -0.390 e. The summed E-state index contributed by atoms with van der Waals surface area (Å²) in [4.78, 5) is 14.4. The molecule has 1 saturated carbocycles. The highest BCUT2D eigenvalue weighted by molar-refractivity contribution is 5.78. The van der Waals surface area contributed by atoms with Crippen LogP contribution in [-0.4, -0.2) is 48.2 Å². The van der Waals surface area contributed by atoms with Gasteiger partial charge in [0.15, 0.2) is 0 Å². The van der Waals surface area contributed by atoms with Gasteiger partial charge in [-0.2, -0.15) is 0 Å². The topological polar surface area (TPSA) is 52.6 Å². The van der Waals surface area contributed by atoms with E-state index in [1.165, 1.54) is 44.9 Å². The van der Waals surface area contributed by atoms with Crippen molar-refractivity contribution in [2.75, 3.05) is 26.2 Å². The maximum absolute atomic E-state index is 12.1. The van der Waals surface area contributed by atoms with Gasteiger partial charge in [-0.05, 0) is 38.3 Å². The minimum absolute atomic E-state index is 0.0790. The zero-order valence-electron chi connectivity index (χ0n) is 13.5. The molecular formula is C17H32N2O2. The molecule has 4 heteroatoms. The van der Waals surface area contributed by atoms with Crippen molar-refractivity contribution in [3.05, 3.63) is 0 Å². The molecule has 0 aromatic heterocycles. The molecule has 0 aromatic carbocycles. The molecule has 0 unspecified atom stereocenters. The van der Waals surface area contributed by atoms with Crippen LogP contribution in [0.1, 0.15) is 58.3 Å². The standard InChI is InChI=1S/C17H32N2O2/c1-14(11-15-7-3-4-8-15)17(21)18-12-16(20)13-19-9-5-2-6-10-19/h14-16,20H,2-13H2,1H3,(H,18,21)/t14-,16+/m1/s1. The lowest BCUT2D eigenvalue weighted by Gasteiger charge is -2.28. The van der Waals surface area contributed by atoms with E-state index in [0.717, 1.165) is 25.4 Å². The van der Waals surface area contributed by atoms with Crippen LogP contribution in [0.25, 0.3) is 0 Å². The van der Waals surface area contributed by atoms with E-state index in [-0.39, 0.29) is 11.8 Å². The van der Waals surface area contributed by atoms with Crippen LogP contribution in [0.3, 0.4) is 0 Å². The molecule has 1 heterocycles. The summed E-state index contributed by atoms with van der Waals surface area (Å²) in [5.74, 6) is 0.930. The van der Waals surface area contributed by atoms with Gasteiger partial charge in [0.2, 0.25) is 5.91 Å². The number of amides is 1. The van der Waals surface area contributed by atoms with Gasteiger partial charge < -0.3 is 15.3 Å². The Labute approximate surface area is 129 Å². The number of aliphatic hydroxyl groups excluding tert-OH is 1. The van der Waals surface area contributed by atoms with E-state index < -0.39 is 6.10 Å². The van der Waals surface area contributed by atoms with E-state index in [9.17, 15) is 9.90 Å². The number of nitrogens with zero attached hydrogens (tertiary/aromatic N) is 1. The third-order valence-corrected chi connectivity index (χ3v) is 5.04.